The summed E-state index contributed by atoms with van der Waals surface area (Å²) in [6, 6.07) is 21.9. The van der Waals surface area contributed by atoms with E-state index in [1.54, 1.807) is 17.1 Å². The van der Waals surface area contributed by atoms with E-state index < -0.39 is 0 Å². The smallest absolute Gasteiger partial charge is 0.255 e. The highest BCUT2D eigenvalue weighted by atomic mass is 15.3. The topological polar surface area (TPSA) is 55.4 Å². The van der Waals surface area contributed by atoms with Crippen molar-refractivity contribution in [3.8, 4) is 17.1 Å². The molecule has 1 aromatic carbocycles. The highest BCUT2D eigenvalue weighted by molar-refractivity contribution is 5.85. The van der Waals surface area contributed by atoms with Crippen LogP contribution in [0.25, 0.3) is 39.0 Å². The SMILES string of the molecule is c1cc[n+](-c2ccc3ccc(-c4ccc5ncccc5n4)cc3n2)nc1. The van der Waals surface area contributed by atoms with Crippen molar-refractivity contribution in [2.24, 2.45) is 0 Å². The van der Waals surface area contributed by atoms with Crippen LogP contribution in [0.2, 0.25) is 0 Å². The van der Waals surface area contributed by atoms with Crippen molar-refractivity contribution in [2.45, 2.75) is 0 Å². The zero-order valence-electron chi connectivity index (χ0n) is 13.8. The van der Waals surface area contributed by atoms with E-state index in [9.17, 15) is 0 Å². The average Bonchev–Trinajstić information content (AvgIpc) is 2.73. The van der Waals surface area contributed by atoms with Gasteiger partial charge in [0, 0.05) is 23.2 Å². The molecule has 0 aliphatic rings. The van der Waals surface area contributed by atoms with E-state index >= 15 is 0 Å². The third kappa shape index (κ3) is 2.56. The van der Waals surface area contributed by atoms with Crippen molar-refractivity contribution >= 4 is 21.9 Å². The van der Waals surface area contributed by atoms with Gasteiger partial charge in [0.25, 0.3) is 0 Å². The molecule has 5 rings (SSSR count). The van der Waals surface area contributed by atoms with Gasteiger partial charge in [-0.2, -0.15) is 0 Å². The summed E-state index contributed by atoms with van der Waals surface area (Å²) < 4.78 is 1.76. The van der Waals surface area contributed by atoms with Crippen LogP contribution in [0.5, 0.6) is 0 Å². The summed E-state index contributed by atoms with van der Waals surface area (Å²) >= 11 is 0. The molecule has 0 atom stereocenters. The Balaban J connectivity index is 1.63. The molecule has 4 aromatic heterocycles. The monoisotopic (exact) mass is 336 g/mol. The van der Waals surface area contributed by atoms with Crippen LogP contribution in [0.4, 0.5) is 0 Å². The van der Waals surface area contributed by atoms with Gasteiger partial charge in [0.05, 0.1) is 22.9 Å². The largest absolute Gasteiger partial charge is 0.348 e. The van der Waals surface area contributed by atoms with Crippen LogP contribution in [0.1, 0.15) is 0 Å². The van der Waals surface area contributed by atoms with Crippen molar-refractivity contribution in [3.05, 3.63) is 85.3 Å². The summed E-state index contributed by atoms with van der Waals surface area (Å²) in [6.45, 7) is 0. The van der Waals surface area contributed by atoms with E-state index in [4.69, 9.17) is 9.97 Å². The maximum atomic E-state index is 4.75. The van der Waals surface area contributed by atoms with Crippen molar-refractivity contribution in [1.82, 2.24) is 20.1 Å². The summed E-state index contributed by atoms with van der Waals surface area (Å²) in [5, 5.41) is 5.39. The highest BCUT2D eigenvalue weighted by Crippen LogP contribution is 2.24. The van der Waals surface area contributed by atoms with Crippen LogP contribution in [0, 0.1) is 0 Å². The second-order valence-electron chi connectivity index (χ2n) is 5.96. The predicted molar refractivity (Wildman–Crippen MR) is 99.6 cm³/mol. The Morgan fingerprint density at radius 2 is 1.65 bits per heavy atom. The lowest BCUT2D eigenvalue weighted by Gasteiger charge is -2.03. The summed E-state index contributed by atoms with van der Waals surface area (Å²) in [5.74, 6) is 0.783. The van der Waals surface area contributed by atoms with E-state index in [1.807, 2.05) is 48.7 Å². The minimum atomic E-state index is 0.783. The Kier molecular flexibility index (Phi) is 3.35. The molecule has 5 nitrogen and oxygen atoms in total. The Bertz CT molecular complexity index is 1240. The van der Waals surface area contributed by atoms with Gasteiger partial charge in [0.1, 0.15) is 6.20 Å². The number of hydrogen-bond donors (Lipinski definition) is 0. The number of pyridine rings is 3. The van der Waals surface area contributed by atoms with Crippen LogP contribution >= 0.6 is 0 Å². The standard InChI is InChI=1S/C21H14N5/c1-2-13-26(23-12-1)21-10-7-15-5-6-16(14-20(15)25-21)17-8-9-18-19(24-17)4-3-11-22-18/h1-14H/q+1. The molecule has 5 aromatic rings. The number of aromatic nitrogens is 5. The number of rotatable bonds is 2. The molecule has 0 saturated carbocycles. The first-order valence-corrected chi connectivity index (χ1v) is 8.33. The fraction of sp³-hybridized carbons (Fsp3) is 0. The fourth-order valence-corrected chi connectivity index (χ4v) is 2.98. The lowest BCUT2D eigenvalue weighted by Crippen LogP contribution is -2.35. The maximum absolute atomic E-state index is 4.75. The molecule has 0 aliphatic heterocycles. The molecule has 0 N–H and O–H groups in total. The van der Waals surface area contributed by atoms with Crippen molar-refractivity contribution in [2.75, 3.05) is 0 Å². The van der Waals surface area contributed by atoms with Gasteiger partial charge < -0.3 is 0 Å². The van der Waals surface area contributed by atoms with Gasteiger partial charge >= 0.3 is 5.82 Å². The third-order valence-electron chi connectivity index (χ3n) is 4.28. The van der Waals surface area contributed by atoms with Crippen LogP contribution in [0.3, 0.4) is 0 Å². The number of fused-ring (bicyclic) bond motifs is 2. The van der Waals surface area contributed by atoms with Crippen LogP contribution in [0.15, 0.2) is 85.3 Å². The second-order valence-corrected chi connectivity index (χ2v) is 5.96. The van der Waals surface area contributed by atoms with Crippen molar-refractivity contribution < 1.29 is 4.68 Å². The molecular weight excluding hydrogens is 322 g/mol. The van der Waals surface area contributed by atoms with Gasteiger partial charge in [-0.05, 0) is 59.6 Å². The van der Waals surface area contributed by atoms with Gasteiger partial charge in [0.15, 0.2) is 5.52 Å². The van der Waals surface area contributed by atoms with E-state index in [-0.39, 0.29) is 0 Å². The van der Waals surface area contributed by atoms with Gasteiger partial charge in [-0.1, -0.05) is 11.2 Å². The first-order valence-electron chi connectivity index (χ1n) is 8.33. The van der Waals surface area contributed by atoms with Gasteiger partial charge in [-0.3, -0.25) is 4.98 Å². The first kappa shape index (κ1) is 14.6. The zero-order valence-corrected chi connectivity index (χ0v) is 13.8. The molecule has 0 spiro atoms. The van der Waals surface area contributed by atoms with Gasteiger partial charge in [-0.25, -0.2) is 4.98 Å². The number of benzene rings is 1. The van der Waals surface area contributed by atoms with E-state index in [1.165, 1.54) is 0 Å². The summed E-state index contributed by atoms with van der Waals surface area (Å²) in [5.41, 5.74) is 4.62. The Hall–Kier alpha value is -3.73. The van der Waals surface area contributed by atoms with Gasteiger partial charge in [-0.15, -0.1) is 4.68 Å². The Morgan fingerprint density at radius 1 is 0.692 bits per heavy atom. The lowest BCUT2D eigenvalue weighted by molar-refractivity contribution is -0.663. The van der Waals surface area contributed by atoms with E-state index in [2.05, 4.69) is 34.3 Å². The molecule has 26 heavy (non-hydrogen) atoms. The molecule has 4 heterocycles. The molecule has 0 fully saturated rings. The zero-order chi connectivity index (χ0) is 17.3. The molecule has 5 heteroatoms. The second kappa shape index (κ2) is 5.97. The molecule has 122 valence electrons. The maximum Gasteiger partial charge on any atom is 0.348 e. The summed E-state index contributed by atoms with van der Waals surface area (Å²) in [4.78, 5) is 13.8. The predicted octanol–water partition coefficient (Wildman–Crippen LogP) is 3.52. The number of hydrogen-bond acceptors (Lipinski definition) is 4. The normalized spacial score (nSPS) is 11.1. The highest BCUT2D eigenvalue weighted by Gasteiger charge is 2.12. The number of nitrogens with zero attached hydrogens (tertiary/aromatic N) is 5. The quantitative estimate of drug-likeness (QED) is 0.463. The molecule has 0 bridgehead atoms. The van der Waals surface area contributed by atoms with E-state index in [0.717, 1.165) is 39.0 Å². The Morgan fingerprint density at radius 3 is 2.58 bits per heavy atom. The molecule has 0 unspecified atom stereocenters. The molecule has 0 amide bonds. The molecule has 0 saturated heterocycles. The van der Waals surface area contributed by atoms with E-state index in [0.29, 0.717) is 0 Å². The van der Waals surface area contributed by atoms with Gasteiger partial charge in [0.2, 0.25) is 0 Å². The summed E-state index contributed by atoms with van der Waals surface area (Å²) in [7, 11) is 0. The lowest BCUT2D eigenvalue weighted by atomic mass is 10.1. The third-order valence-corrected chi connectivity index (χ3v) is 4.28. The molecular formula is C21H14N5+. The molecule has 0 radical (unpaired) electrons. The fourth-order valence-electron chi connectivity index (χ4n) is 2.98. The van der Waals surface area contributed by atoms with Crippen LogP contribution < -0.4 is 4.68 Å². The van der Waals surface area contributed by atoms with Crippen LogP contribution in [-0.2, 0) is 0 Å². The molecule has 0 aliphatic carbocycles. The average molecular weight is 336 g/mol. The minimum Gasteiger partial charge on any atom is -0.255 e. The minimum absolute atomic E-state index is 0.783. The van der Waals surface area contributed by atoms with Crippen molar-refractivity contribution in [1.29, 1.82) is 0 Å². The van der Waals surface area contributed by atoms with Crippen molar-refractivity contribution in [3.63, 3.8) is 0 Å². The first-order chi connectivity index (χ1) is 12.9. The summed E-state index contributed by atoms with van der Waals surface area (Å²) in [6.07, 6.45) is 5.41. The Labute approximate surface area is 149 Å². The van der Waals surface area contributed by atoms with Crippen LogP contribution in [-0.4, -0.2) is 20.1 Å².